The van der Waals surface area contributed by atoms with E-state index in [0.29, 0.717) is 6.54 Å². The third-order valence-corrected chi connectivity index (χ3v) is 3.94. The van der Waals surface area contributed by atoms with E-state index in [9.17, 15) is 4.79 Å². The minimum atomic E-state index is -0.00731. The first-order valence-electron chi connectivity index (χ1n) is 7.92. The van der Waals surface area contributed by atoms with Crippen molar-refractivity contribution in [2.24, 2.45) is 0 Å². The number of para-hydroxylation sites is 2. The largest absolute Gasteiger partial charge is 0.352 e. The zero-order chi connectivity index (χ0) is 16.2. The minimum absolute atomic E-state index is 0.00731. The lowest BCUT2D eigenvalue weighted by Gasteiger charge is -2.08. The molecule has 3 aromatic rings. The predicted molar refractivity (Wildman–Crippen MR) is 92.7 cm³/mol. The zero-order valence-corrected chi connectivity index (χ0v) is 13.5. The average molecular weight is 307 g/mol. The highest BCUT2D eigenvalue weighted by molar-refractivity contribution is 5.95. The Balaban J connectivity index is 1.52. The van der Waals surface area contributed by atoms with Crippen LogP contribution in [0.15, 0.2) is 42.5 Å². The van der Waals surface area contributed by atoms with Crippen molar-refractivity contribution in [1.82, 2.24) is 15.3 Å². The second-order valence-electron chi connectivity index (χ2n) is 5.88. The number of hydrogen-bond donors (Lipinski definition) is 2. The Bertz CT molecular complexity index is 803. The van der Waals surface area contributed by atoms with E-state index in [2.05, 4.69) is 15.3 Å². The highest BCUT2D eigenvalue weighted by Gasteiger charge is 2.08. The third kappa shape index (κ3) is 3.59. The van der Waals surface area contributed by atoms with Crippen LogP contribution in [0.4, 0.5) is 0 Å². The second-order valence-corrected chi connectivity index (χ2v) is 5.88. The molecule has 0 aliphatic carbocycles. The Labute approximate surface area is 136 Å². The van der Waals surface area contributed by atoms with E-state index in [-0.39, 0.29) is 5.91 Å². The van der Waals surface area contributed by atoms with Crippen LogP contribution in [-0.4, -0.2) is 22.4 Å². The van der Waals surface area contributed by atoms with Crippen LogP contribution in [0.25, 0.3) is 11.0 Å². The number of nitrogens with zero attached hydrogens (tertiary/aromatic N) is 1. The van der Waals surface area contributed by atoms with Crippen molar-refractivity contribution in [3.63, 3.8) is 0 Å². The van der Waals surface area contributed by atoms with Crippen LogP contribution < -0.4 is 5.32 Å². The second kappa shape index (κ2) is 6.65. The van der Waals surface area contributed by atoms with Crippen molar-refractivity contribution >= 4 is 16.9 Å². The van der Waals surface area contributed by atoms with Crippen LogP contribution in [0.3, 0.4) is 0 Å². The molecule has 1 aromatic heterocycles. The van der Waals surface area contributed by atoms with Gasteiger partial charge in [0, 0.05) is 18.5 Å². The molecule has 23 heavy (non-hydrogen) atoms. The minimum Gasteiger partial charge on any atom is -0.352 e. The van der Waals surface area contributed by atoms with Gasteiger partial charge in [-0.3, -0.25) is 4.79 Å². The van der Waals surface area contributed by atoms with Gasteiger partial charge in [-0.05, 0) is 44.0 Å². The lowest BCUT2D eigenvalue weighted by molar-refractivity contribution is 0.0952. The average Bonchev–Trinajstić information content (AvgIpc) is 2.94. The fourth-order valence-electron chi connectivity index (χ4n) is 2.75. The maximum atomic E-state index is 12.2. The van der Waals surface area contributed by atoms with Crippen LogP contribution in [0, 0.1) is 13.8 Å². The number of hydrogen-bond acceptors (Lipinski definition) is 2. The van der Waals surface area contributed by atoms with Crippen LogP contribution in [0.1, 0.15) is 33.7 Å². The van der Waals surface area contributed by atoms with Gasteiger partial charge in [0.2, 0.25) is 0 Å². The van der Waals surface area contributed by atoms with Crippen molar-refractivity contribution in [3.8, 4) is 0 Å². The van der Waals surface area contributed by atoms with E-state index in [0.717, 1.165) is 40.8 Å². The molecule has 0 spiro atoms. The summed E-state index contributed by atoms with van der Waals surface area (Å²) in [5, 5.41) is 2.98. The molecule has 3 rings (SSSR count). The van der Waals surface area contributed by atoms with E-state index in [4.69, 9.17) is 0 Å². The summed E-state index contributed by atoms with van der Waals surface area (Å²) in [6.45, 7) is 4.64. The van der Waals surface area contributed by atoms with Crippen molar-refractivity contribution in [2.45, 2.75) is 26.7 Å². The molecule has 0 unspecified atom stereocenters. The van der Waals surface area contributed by atoms with E-state index < -0.39 is 0 Å². The Morgan fingerprint density at radius 1 is 1.17 bits per heavy atom. The van der Waals surface area contributed by atoms with Crippen LogP contribution in [0.2, 0.25) is 0 Å². The smallest absolute Gasteiger partial charge is 0.251 e. The quantitative estimate of drug-likeness (QED) is 0.708. The lowest BCUT2D eigenvalue weighted by Crippen LogP contribution is -2.25. The number of nitrogens with one attached hydrogen (secondary N) is 2. The molecule has 0 fully saturated rings. The molecule has 4 heteroatoms. The van der Waals surface area contributed by atoms with Crippen LogP contribution in [-0.2, 0) is 6.42 Å². The number of H-pyrrole nitrogens is 1. The number of benzene rings is 2. The molecule has 1 heterocycles. The van der Waals surface area contributed by atoms with Gasteiger partial charge in [-0.2, -0.15) is 0 Å². The number of carbonyl (C=O) groups is 1. The zero-order valence-electron chi connectivity index (χ0n) is 13.5. The molecular weight excluding hydrogens is 286 g/mol. The molecule has 1 amide bonds. The Morgan fingerprint density at radius 2 is 2.00 bits per heavy atom. The SMILES string of the molecule is Cc1ccc(C(=O)NCCCc2nc3ccccc3[nH]2)c(C)c1. The fourth-order valence-corrected chi connectivity index (χ4v) is 2.75. The number of carbonyl (C=O) groups excluding carboxylic acids is 1. The van der Waals surface area contributed by atoms with Gasteiger partial charge >= 0.3 is 0 Å². The van der Waals surface area contributed by atoms with Gasteiger partial charge in [0.05, 0.1) is 11.0 Å². The first-order chi connectivity index (χ1) is 11.1. The predicted octanol–water partition coefficient (Wildman–Crippen LogP) is 3.54. The Kier molecular flexibility index (Phi) is 4.42. The first kappa shape index (κ1) is 15.3. The number of imidazole rings is 1. The molecule has 0 aliphatic rings. The number of fused-ring (bicyclic) bond motifs is 1. The van der Waals surface area contributed by atoms with Gasteiger partial charge in [0.15, 0.2) is 0 Å². The monoisotopic (exact) mass is 307 g/mol. The fraction of sp³-hybridized carbons (Fsp3) is 0.263. The highest BCUT2D eigenvalue weighted by atomic mass is 16.1. The summed E-state index contributed by atoms with van der Waals surface area (Å²) >= 11 is 0. The van der Waals surface area contributed by atoms with Crippen LogP contribution >= 0.6 is 0 Å². The summed E-state index contributed by atoms with van der Waals surface area (Å²) in [5.41, 5.74) is 4.98. The van der Waals surface area contributed by atoms with Gasteiger partial charge < -0.3 is 10.3 Å². The summed E-state index contributed by atoms with van der Waals surface area (Å²) in [6, 6.07) is 13.9. The third-order valence-electron chi connectivity index (χ3n) is 3.94. The molecule has 0 saturated carbocycles. The van der Waals surface area contributed by atoms with Crippen molar-refractivity contribution in [3.05, 3.63) is 65.0 Å². The van der Waals surface area contributed by atoms with E-state index >= 15 is 0 Å². The maximum Gasteiger partial charge on any atom is 0.251 e. The molecule has 2 aromatic carbocycles. The van der Waals surface area contributed by atoms with E-state index in [1.54, 1.807) is 0 Å². The van der Waals surface area contributed by atoms with Gasteiger partial charge in [0.1, 0.15) is 5.82 Å². The number of aromatic nitrogens is 2. The lowest BCUT2D eigenvalue weighted by atomic mass is 10.1. The molecule has 0 bridgehead atoms. The molecule has 2 N–H and O–H groups in total. The van der Waals surface area contributed by atoms with Gasteiger partial charge in [-0.15, -0.1) is 0 Å². The topological polar surface area (TPSA) is 57.8 Å². The van der Waals surface area contributed by atoms with Crippen LogP contribution in [0.5, 0.6) is 0 Å². The molecular formula is C19H21N3O. The number of aromatic amines is 1. The Morgan fingerprint density at radius 3 is 2.78 bits per heavy atom. The molecule has 0 saturated heterocycles. The summed E-state index contributed by atoms with van der Waals surface area (Å²) < 4.78 is 0. The molecule has 0 atom stereocenters. The molecule has 0 radical (unpaired) electrons. The van der Waals surface area contributed by atoms with Gasteiger partial charge in [-0.1, -0.05) is 29.8 Å². The van der Waals surface area contributed by atoms with Crippen molar-refractivity contribution in [2.75, 3.05) is 6.54 Å². The Hall–Kier alpha value is -2.62. The van der Waals surface area contributed by atoms with Crippen molar-refractivity contribution < 1.29 is 4.79 Å². The summed E-state index contributed by atoms with van der Waals surface area (Å²) in [6.07, 6.45) is 1.68. The van der Waals surface area contributed by atoms with E-state index in [1.807, 2.05) is 56.3 Å². The van der Waals surface area contributed by atoms with Gasteiger partial charge in [-0.25, -0.2) is 4.98 Å². The highest BCUT2D eigenvalue weighted by Crippen LogP contribution is 2.12. The number of rotatable bonds is 5. The molecule has 118 valence electrons. The van der Waals surface area contributed by atoms with Crippen molar-refractivity contribution in [1.29, 1.82) is 0 Å². The molecule has 0 aliphatic heterocycles. The standard InChI is InChI=1S/C19H21N3O/c1-13-9-10-15(14(2)12-13)19(23)20-11-5-8-18-21-16-6-3-4-7-17(16)22-18/h3-4,6-7,9-10,12H,5,8,11H2,1-2H3,(H,20,23)(H,21,22). The number of amides is 1. The summed E-state index contributed by atoms with van der Waals surface area (Å²) in [7, 11) is 0. The summed E-state index contributed by atoms with van der Waals surface area (Å²) in [4.78, 5) is 20.0. The first-order valence-corrected chi connectivity index (χ1v) is 7.92. The normalized spacial score (nSPS) is 10.9. The number of aryl methyl sites for hydroxylation is 3. The summed E-state index contributed by atoms with van der Waals surface area (Å²) in [5.74, 6) is 0.957. The van der Waals surface area contributed by atoms with E-state index in [1.165, 1.54) is 5.56 Å². The van der Waals surface area contributed by atoms with Gasteiger partial charge in [0.25, 0.3) is 5.91 Å². The molecule has 4 nitrogen and oxygen atoms in total. The maximum absolute atomic E-state index is 12.2.